The van der Waals surface area contributed by atoms with Gasteiger partial charge in [0.15, 0.2) is 5.71 Å². The molecular formula is C12H21NO4. The molecule has 0 amide bonds. The van der Waals surface area contributed by atoms with Gasteiger partial charge in [-0.1, -0.05) is 18.2 Å². The van der Waals surface area contributed by atoms with Gasteiger partial charge >= 0.3 is 5.97 Å². The molecule has 0 spiro atoms. The van der Waals surface area contributed by atoms with Gasteiger partial charge in [-0.3, -0.25) is 0 Å². The lowest BCUT2D eigenvalue weighted by Gasteiger charge is -2.11. The van der Waals surface area contributed by atoms with E-state index < -0.39 is 5.97 Å². The van der Waals surface area contributed by atoms with Crippen LogP contribution >= 0.6 is 0 Å². The molecule has 98 valence electrons. The second kappa shape index (κ2) is 9.84. The summed E-state index contributed by atoms with van der Waals surface area (Å²) in [5.74, 6) is -0.371. The van der Waals surface area contributed by atoms with E-state index in [-0.39, 0.29) is 18.2 Å². The maximum absolute atomic E-state index is 11.3. The van der Waals surface area contributed by atoms with Crippen LogP contribution in [0.25, 0.3) is 0 Å². The molecule has 0 aliphatic heterocycles. The first-order valence-electron chi connectivity index (χ1n) is 5.72. The van der Waals surface area contributed by atoms with E-state index in [4.69, 9.17) is 14.7 Å². The van der Waals surface area contributed by atoms with Gasteiger partial charge in [-0.2, -0.15) is 0 Å². The average molecular weight is 243 g/mol. The Morgan fingerprint density at radius 3 is 2.82 bits per heavy atom. The van der Waals surface area contributed by atoms with Crippen LogP contribution in [0.15, 0.2) is 17.8 Å². The lowest BCUT2D eigenvalue weighted by molar-refractivity contribution is -0.135. The Labute approximate surface area is 102 Å². The Bertz CT molecular complexity index is 263. The number of carbonyl (C=O) groups excluding carboxylic acids is 1. The van der Waals surface area contributed by atoms with Crippen LogP contribution < -0.4 is 0 Å². The Morgan fingerprint density at radius 1 is 1.59 bits per heavy atom. The van der Waals surface area contributed by atoms with E-state index in [9.17, 15) is 4.79 Å². The third kappa shape index (κ3) is 7.52. The van der Waals surface area contributed by atoms with Crippen molar-refractivity contribution in [2.45, 2.75) is 26.7 Å². The number of nitrogens with zero attached hydrogens (tertiary/aromatic N) is 1. The molecule has 0 aliphatic carbocycles. The van der Waals surface area contributed by atoms with Crippen LogP contribution in [-0.4, -0.2) is 36.7 Å². The van der Waals surface area contributed by atoms with Crippen molar-refractivity contribution in [1.29, 1.82) is 0 Å². The van der Waals surface area contributed by atoms with E-state index >= 15 is 0 Å². The summed E-state index contributed by atoms with van der Waals surface area (Å²) in [4.78, 5) is 11.3. The molecule has 0 saturated carbocycles. The van der Waals surface area contributed by atoms with Crippen LogP contribution in [0, 0.1) is 5.92 Å². The first kappa shape index (κ1) is 15.6. The van der Waals surface area contributed by atoms with Gasteiger partial charge in [0, 0.05) is 13.0 Å². The van der Waals surface area contributed by atoms with E-state index in [1.165, 1.54) is 0 Å². The minimum absolute atomic E-state index is 0.0584. The molecule has 5 heteroatoms. The Morgan fingerprint density at radius 2 is 2.29 bits per heavy atom. The summed E-state index contributed by atoms with van der Waals surface area (Å²) in [5, 5.41) is 11.7. The van der Waals surface area contributed by atoms with Crippen LogP contribution in [0.4, 0.5) is 0 Å². The van der Waals surface area contributed by atoms with Crippen molar-refractivity contribution in [2.24, 2.45) is 11.1 Å². The number of esters is 1. The second-order valence-electron chi connectivity index (χ2n) is 3.73. The number of ether oxygens (including phenoxy) is 2. The molecule has 17 heavy (non-hydrogen) atoms. The van der Waals surface area contributed by atoms with E-state index in [0.29, 0.717) is 19.6 Å². The van der Waals surface area contributed by atoms with E-state index in [1.54, 1.807) is 13.0 Å². The minimum Gasteiger partial charge on any atom is -0.461 e. The van der Waals surface area contributed by atoms with Crippen LogP contribution in [-0.2, 0) is 14.3 Å². The van der Waals surface area contributed by atoms with Crippen molar-refractivity contribution in [3.05, 3.63) is 12.7 Å². The van der Waals surface area contributed by atoms with Gasteiger partial charge in [-0.15, -0.1) is 6.58 Å². The fourth-order valence-corrected chi connectivity index (χ4v) is 1.26. The summed E-state index contributed by atoms with van der Waals surface area (Å²) in [6, 6.07) is 0. The van der Waals surface area contributed by atoms with Gasteiger partial charge in [0.1, 0.15) is 0 Å². The molecule has 0 aromatic heterocycles. The zero-order valence-corrected chi connectivity index (χ0v) is 10.5. The molecule has 0 saturated heterocycles. The van der Waals surface area contributed by atoms with Crippen molar-refractivity contribution >= 4 is 11.7 Å². The van der Waals surface area contributed by atoms with Crippen LogP contribution in [0.3, 0.4) is 0 Å². The molecular weight excluding hydrogens is 222 g/mol. The topological polar surface area (TPSA) is 68.1 Å². The fraction of sp³-hybridized carbons (Fsp3) is 0.667. The number of rotatable bonds is 9. The molecule has 0 aromatic carbocycles. The third-order valence-corrected chi connectivity index (χ3v) is 2.16. The molecule has 0 radical (unpaired) electrons. The molecule has 1 unspecified atom stereocenters. The molecule has 0 aromatic rings. The van der Waals surface area contributed by atoms with Crippen molar-refractivity contribution in [3.8, 4) is 0 Å². The summed E-state index contributed by atoms with van der Waals surface area (Å²) in [5.41, 5.74) is 0.0584. The summed E-state index contributed by atoms with van der Waals surface area (Å²) >= 11 is 0. The highest BCUT2D eigenvalue weighted by atomic mass is 16.5. The highest BCUT2D eigenvalue weighted by Crippen LogP contribution is 2.09. The molecule has 1 atom stereocenters. The molecule has 0 aliphatic rings. The van der Waals surface area contributed by atoms with Crippen molar-refractivity contribution in [2.75, 3.05) is 19.8 Å². The number of carbonyl (C=O) groups is 1. The van der Waals surface area contributed by atoms with Gasteiger partial charge in [-0.25, -0.2) is 4.79 Å². The maximum Gasteiger partial charge on any atom is 0.356 e. The fourth-order valence-electron chi connectivity index (χ4n) is 1.26. The predicted molar refractivity (Wildman–Crippen MR) is 65.3 cm³/mol. The molecule has 0 fully saturated rings. The molecule has 0 bridgehead atoms. The SMILES string of the molecule is C=CCOCCC(C)CC(=NO)C(=O)OCC. The smallest absolute Gasteiger partial charge is 0.356 e. The van der Waals surface area contributed by atoms with Crippen LogP contribution in [0.2, 0.25) is 0 Å². The summed E-state index contributed by atoms with van der Waals surface area (Å²) in [6.45, 7) is 8.60. The van der Waals surface area contributed by atoms with Crippen molar-refractivity contribution < 1.29 is 19.5 Å². The molecule has 0 rings (SSSR count). The molecule has 5 nitrogen and oxygen atoms in total. The summed E-state index contributed by atoms with van der Waals surface area (Å²) < 4.78 is 10.0. The second-order valence-corrected chi connectivity index (χ2v) is 3.73. The van der Waals surface area contributed by atoms with Crippen molar-refractivity contribution in [3.63, 3.8) is 0 Å². The highest BCUT2D eigenvalue weighted by molar-refractivity contribution is 6.36. The van der Waals surface area contributed by atoms with Gasteiger partial charge in [0.05, 0.1) is 13.2 Å². The maximum atomic E-state index is 11.3. The predicted octanol–water partition coefficient (Wildman–Crippen LogP) is 2.00. The molecule has 1 N–H and O–H groups in total. The Hall–Kier alpha value is -1.36. The van der Waals surface area contributed by atoms with Crippen LogP contribution in [0.5, 0.6) is 0 Å². The first-order chi connectivity index (χ1) is 8.15. The van der Waals surface area contributed by atoms with E-state index in [0.717, 1.165) is 6.42 Å². The van der Waals surface area contributed by atoms with Crippen LogP contribution in [0.1, 0.15) is 26.7 Å². The lowest BCUT2D eigenvalue weighted by Crippen LogP contribution is -2.20. The number of oxime groups is 1. The number of hydrogen-bond donors (Lipinski definition) is 1. The standard InChI is InChI=1S/C12H21NO4/c1-4-7-16-8-6-10(3)9-11(13-15)12(14)17-5-2/h4,10,15H,1,5-9H2,2-3H3. The Kier molecular flexibility index (Phi) is 9.05. The number of hydrogen-bond acceptors (Lipinski definition) is 5. The van der Waals surface area contributed by atoms with Gasteiger partial charge in [-0.05, 0) is 19.3 Å². The zero-order chi connectivity index (χ0) is 13.1. The highest BCUT2D eigenvalue weighted by Gasteiger charge is 2.16. The van der Waals surface area contributed by atoms with E-state index in [2.05, 4.69) is 11.7 Å². The quantitative estimate of drug-likeness (QED) is 0.168. The van der Waals surface area contributed by atoms with E-state index in [1.807, 2.05) is 6.92 Å². The van der Waals surface area contributed by atoms with Gasteiger partial charge in [0.25, 0.3) is 0 Å². The normalized spacial score (nSPS) is 13.2. The largest absolute Gasteiger partial charge is 0.461 e. The summed E-state index contributed by atoms with van der Waals surface area (Å²) in [7, 11) is 0. The average Bonchev–Trinajstić information content (AvgIpc) is 2.32. The summed E-state index contributed by atoms with van der Waals surface area (Å²) in [6.07, 6.45) is 2.85. The Balaban J connectivity index is 3.94. The monoisotopic (exact) mass is 243 g/mol. The first-order valence-corrected chi connectivity index (χ1v) is 5.72. The zero-order valence-electron chi connectivity index (χ0n) is 10.5. The minimum atomic E-state index is -0.561. The van der Waals surface area contributed by atoms with Gasteiger partial charge in [0.2, 0.25) is 0 Å². The lowest BCUT2D eigenvalue weighted by atomic mass is 10.0. The third-order valence-electron chi connectivity index (χ3n) is 2.16. The molecule has 0 heterocycles. The van der Waals surface area contributed by atoms with Gasteiger partial charge < -0.3 is 14.7 Å². The van der Waals surface area contributed by atoms with Crippen molar-refractivity contribution in [1.82, 2.24) is 0 Å².